The second kappa shape index (κ2) is 9.14. The highest BCUT2D eigenvalue weighted by molar-refractivity contribution is 5.09. The van der Waals surface area contributed by atoms with E-state index < -0.39 is 0 Å². The van der Waals surface area contributed by atoms with E-state index in [1.165, 1.54) is 5.56 Å². The molecule has 1 aromatic heterocycles. The van der Waals surface area contributed by atoms with Gasteiger partial charge in [-0.3, -0.25) is 0 Å². The van der Waals surface area contributed by atoms with Crippen LogP contribution in [0.1, 0.15) is 25.8 Å². The van der Waals surface area contributed by atoms with Crippen LogP contribution in [0.3, 0.4) is 0 Å². The summed E-state index contributed by atoms with van der Waals surface area (Å²) in [7, 11) is 1.69. The summed E-state index contributed by atoms with van der Waals surface area (Å²) < 4.78 is 12.6. The van der Waals surface area contributed by atoms with Crippen LogP contribution >= 0.6 is 0 Å². The fraction of sp³-hybridized carbons (Fsp3) is 0.714. The van der Waals surface area contributed by atoms with E-state index in [1.54, 1.807) is 7.11 Å². The molecule has 18 heavy (non-hydrogen) atoms. The second-order valence-corrected chi connectivity index (χ2v) is 4.75. The Balaban J connectivity index is 2.11. The number of ether oxygens (including phenoxy) is 2. The molecule has 0 amide bonds. The van der Waals surface area contributed by atoms with Crippen molar-refractivity contribution in [3.63, 3.8) is 0 Å². The lowest BCUT2D eigenvalue weighted by molar-refractivity contribution is 0.0680. The SMILES string of the molecule is COCCOCCCn1ccc(CNC(C)C)c1. The first-order chi connectivity index (χ1) is 8.72. The predicted octanol–water partition coefficient (Wildman–Crippen LogP) is 2.04. The Morgan fingerprint density at radius 3 is 2.83 bits per heavy atom. The van der Waals surface area contributed by atoms with Crippen LogP contribution in [0.25, 0.3) is 0 Å². The van der Waals surface area contributed by atoms with E-state index in [4.69, 9.17) is 9.47 Å². The molecule has 1 aromatic rings. The van der Waals surface area contributed by atoms with Gasteiger partial charge in [-0.05, 0) is 18.1 Å². The van der Waals surface area contributed by atoms with Gasteiger partial charge in [-0.1, -0.05) is 13.8 Å². The molecule has 0 radical (unpaired) electrons. The Morgan fingerprint density at radius 1 is 1.28 bits per heavy atom. The van der Waals surface area contributed by atoms with Crippen molar-refractivity contribution in [3.05, 3.63) is 24.0 Å². The number of nitrogens with one attached hydrogen (secondary N) is 1. The van der Waals surface area contributed by atoms with E-state index in [9.17, 15) is 0 Å². The fourth-order valence-electron chi connectivity index (χ4n) is 1.65. The van der Waals surface area contributed by atoms with Gasteiger partial charge in [0.05, 0.1) is 13.2 Å². The number of hydrogen-bond acceptors (Lipinski definition) is 3. The molecule has 0 unspecified atom stereocenters. The quantitative estimate of drug-likeness (QED) is 0.649. The Morgan fingerprint density at radius 2 is 2.11 bits per heavy atom. The summed E-state index contributed by atoms with van der Waals surface area (Å²) in [5.74, 6) is 0. The van der Waals surface area contributed by atoms with Crippen LogP contribution in [0.4, 0.5) is 0 Å². The molecule has 0 aliphatic heterocycles. The maximum atomic E-state index is 5.43. The Hall–Kier alpha value is -0.840. The summed E-state index contributed by atoms with van der Waals surface area (Å²) in [5, 5.41) is 3.41. The molecule has 0 atom stereocenters. The van der Waals surface area contributed by atoms with Gasteiger partial charge in [-0.25, -0.2) is 0 Å². The Bertz CT molecular complexity index is 310. The number of hydrogen-bond donors (Lipinski definition) is 1. The van der Waals surface area contributed by atoms with E-state index in [0.29, 0.717) is 19.3 Å². The molecule has 0 saturated heterocycles. The molecule has 0 fully saturated rings. The first kappa shape index (κ1) is 15.2. The van der Waals surface area contributed by atoms with Gasteiger partial charge in [0.1, 0.15) is 0 Å². The monoisotopic (exact) mass is 254 g/mol. The molecule has 0 aliphatic rings. The number of aryl methyl sites for hydroxylation is 1. The molecule has 1 N–H and O–H groups in total. The van der Waals surface area contributed by atoms with Gasteiger partial charge in [0, 0.05) is 45.2 Å². The van der Waals surface area contributed by atoms with Gasteiger partial charge in [-0.2, -0.15) is 0 Å². The normalized spacial score (nSPS) is 11.3. The van der Waals surface area contributed by atoms with Crippen LogP contribution in [-0.2, 0) is 22.6 Å². The highest BCUT2D eigenvalue weighted by atomic mass is 16.5. The largest absolute Gasteiger partial charge is 0.382 e. The van der Waals surface area contributed by atoms with Crippen LogP contribution in [0.5, 0.6) is 0 Å². The maximum absolute atomic E-state index is 5.43. The van der Waals surface area contributed by atoms with Crippen molar-refractivity contribution < 1.29 is 9.47 Å². The van der Waals surface area contributed by atoms with Crippen LogP contribution in [0.15, 0.2) is 18.5 Å². The number of methoxy groups -OCH3 is 1. The smallest absolute Gasteiger partial charge is 0.0700 e. The predicted molar refractivity (Wildman–Crippen MR) is 73.7 cm³/mol. The highest BCUT2D eigenvalue weighted by Crippen LogP contribution is 2.02. The minimum absolute atomic E-state index is 0.530. The maximum Gasteiger partial charge on any atom is 0.0700 e. The standard InChI is InChI=1S/C14H26N2O2/c1-13(2)15-11-14-5-7-16(12-14)6-4-8-18-10-9-17-3/h5,7,12-13,15H,4,6,8-11H2,1-3H3. The third kappa shape index (κ3) is 6.79. The van der Waals surface area contributed by atoms with Crippen LogP contribution in [-0.4, -0.2) is 37.5 Å². The third-order valence-electron chi connectivity index (χ3n) is 2.66. The van der Waals surface area contributed by atoms with E-state index in [2.05, 4.69) is 42.2 Å². The van der Waals surface area contributed by atoms with Crippen LogP contribution < -0.4 is 5.32 Å². The molecular weight excluding hydrogens is 228 g/mol. The summed E-state index contributed by atoms with van der Waals surface area (Å²) in [6, 6.07) is 2.70. The summed E-state index contributed by atoms with van der Waals surface area (Å²) >= 11 is 0. The molecule has 0 bridgehead atoms. The van der Waals surface area contributed by atoms with Crippen molar-refractivity contribution in [2.75, 3.05) is 26.9 Å². The van der Waals surface area contributed by atoms with Gasteiger partial charge in [0.25, 0.3) is 0 Å². The van der Waals surface area contributed by atoms with Gasteiger partial charge in [0.2, 0.25) is 0 Å². The lowest BCUT2D eigenvalue weighted by Crippen LogP contribution is -2.21. The summed E-state index contributed by atoms with van der Waals surface area (Å²) in [6.07, 6.45) is 5.37. The van der Waals surface area contributed by atoms with Crippen molar-refractivity contribution in [3.8, 4) is 0 Å². The highest BCUT2D eigenvalue weighted by Gasteiger charge is 1.98. The van der Waals surface area contributed by atoms with Gasteiger partial charge in [0.15, 0.2) is 0 Å². The zero-order chi connectivity index (χ0) is 13.2. The van der Waals surface area contributed by atoms with E-state index in [-0.39, 0.29) is 0 Å². The molecular formula is C14H26N2O2. The van der Waals surface area contributed by atoms with Gasteiger partial charge < -0.3 is 19.4 Å². The average Bonchev–Trinajstić information content (AvgIpc) is 2.79. The minimum atomic E-state index is 0.530. The molecule has 0 aliphatic carbocycles. The molecule has 4 heteroatoms. The molecule has 0 saturated carbocycles. The molecule has 104 valence electrons. The first-order valence-corrected chi connectivity index (χ1v) is 6.67. The topological polar surface area (TPSA) is 35.4 Å². The van der Waals surface area contributed by atoms with Gasteiger partial charge in [-0.15, -0.1) is 0 Å². The van der Waals surface area contributed by atoms with E-state index in [1.807, 2.05) is 0 Å². The Labute approximate surface area is 110 Å². The van der Waals surface area contributed by atoms with Crippen molar-refractivity contribution in [2.24, 2.45) is 0 Å². The number of nitrogens with zero attached hydrogens (tertiary/aromatic N) is 1. The molecule has 0 aromatic carbocycles. The van der Waals surface area contributed by atoms with Crippen molar-refractivity contribution in [1.82, 2.24) is 9.88 Å². The van der Waals surface area contributed by atoms with Gasteiger partial charge >= 0.3 is 0 Å². The van der Waals surface area contributed by atoms with E-state index >= 15 is 0 Å². The van der Waals surface area contributed by atoms with Crippen molar-refractivity contribution in [1.29, 1.82) is 0 Å². The second-order valence-electron chi connectivity index (χ2n) is 4.75. The molecule has 0 spiro atoms. The third-order valence-corrected chi connectivity index (χ3v) is 2.66. The summed E-state index contributed by atoms with van der Waals surface area (Å²) in [4.78, 5) is 0. The molecule has 4 nitrogen and oxygen atoms in total. The van der Waals surface area contributed by atoms with Crippen LogP contribution in [0.2, 0.25) is 0 Å². The lowest BCUT2D eigenvalue weighted by Gasteiger charge is -2.06. The fourth-order valence-corrected chi connectivity index (χ4v) is 1.65. The zero-order valence-electron chi connectivity index (χ0n) is 11.8. The zero-order valence-corrected chi connectivity index (χ0v) is 11.8. The first-order valence-electron chi connectivity index (χ1n) is 6.67. The number of aromatic nitrogens is 1. The molecule has 1 rings (SSSR count). The van der Waals surface area contributed by atoms with E-state index in [0.717, 1.165) is 26.1 Å². The Kier molecular flexibility index (Phi) is 7.73. The van der Waals surface area contributed by atoms with Crippen molar-refractivity contribution in [2.45, 2.75) is 39.4 Å². The van der Waals surface area contributed by atoms with Crippen LogP contribution in [0, 0.1) is 0 Å². The lowest BCUT2D eigenvalue weighted by atomic mass is 10.3. The average molecular weight is 254 g/mol. The van der Waals surface area contributed by atoms with Crippen molar-refractivity contribution >= 4 is 0 Å². The minimum Gasteiger partial charge on any atom is -0.382 e. The molecule has 1 heterocycles. The summed E-state index contributed by atoms with van der Waals surface area (Å²) in [6.45, 7) is 8.42. The summed E-state index contributed by atoms with van der Waals surface area (Å²) in [5.41, 5.74) is 1.34. The number of rotatable bonds is 10.